The van der Waals surface area contributed by atoms with Gasteiger partial charge in [0.25, 0.3) is 0 Å². The molecule has 0 unspecified atom stereocenters. The van der Waals surface area contributed by atoms with Crippen molar-refractivity contribution in [3.05, 3.63) is 20.3 Å². The van der Waals surface area contributed by atoms with Gasteiger partial charge in [0, 0.05) is 5.75 Å². The third-order valence-corrected chi connectivity index (χ3v) is 3.68. The lowest BCUT2D eigenvalue weighted by Crippen LogP contribution is -1.75. The van der Waals surface area contributed by atoms with Gasteiger partial charge in [0.05, 0.1) is 8.67 Å². The maximum Gasteiger partial charge on any atom is 0.0984 e. The standard InChI is InChI=1S/C7H8Cl2S2/c1-2-10-4-5-3-6(8)11-7(5)9/h3H,2,4H2,1H3. The van der Waals surface area contributed by atoms with Crippen molar-refractivity contribution in [3.63, 3.8) is 0 Å². The van der Waals surface area contributed by atoms with Crippen LogP contribution in [-0.4, -0.2) is 5.75 Å². The van der Waals surface area contributed by atoms with Crippen LogP contribution in [0.2, 0.25) is 8.67 Å². The summed E-state index contributed by atoms with van der Waals surface area (Å²) in [6, 6.07) is 1.94. The second-order valence-corrected chi connectivity index (χ2v) is 5.55. The molecule has 0 saturated carbocycles. The first kappa shape index (κ1) is 9.72. The Labute approximate surface area is 84.9 Å². The zero-order chi connectivity index (χ0) is 8.27. The topological polar surface area (TPSA) is 0 Å². The van der Waals surface area contributed by atoms with Crippen LogP contribution in [0.1, 0.15) is 12.5 Å². The summed E-state index contributed by atoms with van der Waals surface area (Å²) in [6.07, 6.45) is 0. The highest BCUT2D eigenvalue weighted by molar-refractivity contribution is 7.98. The van der Waals surface area contributed by atoms with Gasteiger partial charge in [-0.3, -0.25) is 0 Å². The van der Waals surface area contributed by atoms with Gasteiger partial charge in [0.2, 0.25) is 0 Å². The van der Waals surface area contributed by atoms with Gasteiger partial charge >= 0.3 is 0 Å². The van der Waals surface area contributed by atoms with Crippen LogP contribution in [0.4, 0.5) is 0 Å². The van der Waals surface area contributed by atoms with Gasteiger partial charge in [0.1, 0.15) is 0 Å². The molecule has 11 heavy (non-hydrogen) atoms. The summed E-state index contributed by atoms with van der Waals surface area (Å²) >= 11 is 15.0. The molecule has 0 aliphatic carbocycles. The van der Waals surface area contributed by atoms with Gasteiger partial charge < -0.3 is 0 Å². The Bertz CT molecular complexity index is 232. The first-order valence-electron chi connectivity index (χ1n) is 3.25. The summed E-state index contributed by atoms with van der Waals surface area (Å²) in [5, 5.41) is 0. The fourth-order valence-electron chi connectivity index (χ4n) is 0.685. The number of hydrogen-bond donors (Lipinski definition) is 0. The van der Waals surface area contributed by atoms with Crippen LogP contribution < -0.4 is 0 Å². The first-order valence-corrected chi connectivity index (χ1v) is 5.98. The number of thiophene rings is 1. The molecule has 0 saturated heterocycles. The van der Waals surface area contributed by atoms with Crippen LogP contribution in [0.5, 0.6) is 0 Å². The fraction of sp³-hybridized carbons (Fsp3) is 0.429. The molecule has 0 aliphatic rings. The molecule has 0 aliphatic heterocycles. The van der Waals surface area contributed by atoms with E-state index in [1.165, 1.54) is 11.3 Å². The van der Waals surface area contributed by atoms with E-state index in [9.17, 15) is 0 Å². The van der Waals surface area contributed by atoms with Crippen molar-refractivity contribution in [2.75, 3.05) is 5.75 Å². The summed E-state index contributed by atoms with van der Waals surface area (Å²) in [7, 11) is 0. The van der Waals surface area contributed by atoms with Gasteiger partial charge in [-0.05, 0) is 17.4 Å². The molecule has 0 fully saturated rings. The lowest BCUT2D eigenvalue weighted by Gasteiger charge is -1.94. The highest BCUT2D eigenvalue weighted by Gasteiger charge is 2.04. The second kappa shape index (κ2) is 4.61. The quantitative estimate of drug-likeness (QED) is 0.741. The van der Waals surface area contributed by atoms with E-state index in [4.69, 9.17) is 23.2 Å². The largest absolute Gasteiger partial charge is 0.157 e. The maximum absolute atomic E-state index is 5.90. The summed E-state index contributed by atoms with van der Waals surface area (Å²) < 4.78 is 1.61. The van der Waals surface area contributed by atoms with Crippen molar-refractivity contribution in [1.29, 1.82) is 0 Å². The molecule has 4 heteroatoms. The zero-order valence-corrected chi connectivity index (χ0v) is 9.21. The van der Waals surface area contributed by atoms with Crippen LogP contribution in [0.25, 0.3) is 0 Å². The number of thioether (sulfide) groups is 1. The Morgan fingerprint density at radius 2 is 2.27 bits per heavy atom. The molecule has 1 aromatic heterocycles. The molecule has 0 aromatic carbocycles. The van der Waals surface area contributed by atoms with Crippen molar-refractivity contribution in [2.45, 2.75) is 12.7 Å². The Morgan fingerprint density at radius 3 is 2.73 bits per heavy atom. The molecule has 1 heterocycles. The van der Waals surface area contributed by atoms with Crippen molar-refractivity contribution in [1.82, 2.24) is 0 Å². The molecule has 0 bridgehead atoms. The molecule has 0 N–H and O–H groups in total. The van der Waals surface area contributed by atoms with E-state index < -0.39 is 0 Å². The lowest BCUT2D eigenvalue weighted by atomic mass is 10.4. The predicted octanol–water partition coefficient (Wildman–Crippen LogP) is 4.31. The normalized spacial score (nSPS) is 10.5. The number of halogens is 2. The van der Waals surface area contributed by atoms with Crippen molar-refractivity contribution in [2.24, 2.45) is 0 Å². The van der Waals surface area contributed by atoms with E-state index in [2.05, 4.69) is 6.92 Å². The van der Waals surface area contributed by atoms with Crippen LogP contribution in [0, 0.1) is 0 Å². The van der Waals surface area contributed by atoms with Crippen LogP contribution in [0.3, 0.4) is 0 Å². The fourth-order valence-corrected chi connectivity index (χ4v) is 2.99. The zero-order valence-electron chi connectivity index (χ0n) is 6.06. The summed E-state index contributed by atoms with van der Waals surface area (Å²) in [5.41, 5.74) is 1.16. The van der Waals surface area contributed by atoms with E-state index in [0.29, 0.717) is 0 Å². The highest BCUT2D eigenvalue weighted by Crippen LogP contribution is 2.33. The van der Waals surface area contributed by atoms with E-state index in [-0.39, 0.29) is 0 Å². The second-order valence-electron chi connectivity index (χ2n) is 1.99. The molecular formula is C7H8Cl2S2. The molecule has 0 radical (unpaired) electrons. The van der Waals surface area contributed by atoms with Crippen LogP contribution in [-0.2, 0) is 5.75 Å². The Balaban J connectivity index is 2.62. The third kappa shape index (κ3) is 2.86. The lowest BCUT2D eigenvalue weighted by molar-refractivity contribution is 1.43. The maximum atomic E-state index is 5.90. The molecule has 1 rings (SSSR count). The Kier molecular flexibility index (Phi) is 4.07. The van der Waals surface area contributed by atoms with Gasteiger partial charge in [-0.1, -0.05) is 30.1 Å². The number of hydrogen-bond acceptors (Lipinski definition) is 2. The predicted molar refractivity (Wildman–Crippen MR) is 56.2 cm³/mol. The SMILES string of the molecule is CCSCc1cc(Cl)sc1Cl. The average Bonchev–Trinajstić information content (AvgIpc) is 2.26. The minimum absolute atomic E-state index is 0.779. The molecule has 0 nitrogen and oxygen atoms in total. The van der Waals surface area contributed by atoms with Crippen LogP contribution in [0.15, 0.2) is 6.07 Å². The highest BCUT2D eigenvalue weighted by atomic mass is 35.5. The van der Waals surface area contributed by atoms with Gasteiger partial charge in [-0.15, -0.1) is 11.3 Å². The van der Waals surface area contributed by atoms with E-state index in [1.54, 1.807) is 0 Å². The number of rotatable bonds is 3. The van der Waals surface area contributed by atoms with Crippen molar-refractivity contribution < 1.29 is 0 Å². The van der Waals surface area contributed by atoms with E-state index in [0.717, 1.165) is 25.7 Å². The van der Waals surface area contributed by atoms with Crippen LogP contribution >= 0.6 is 46.3 Å². The molecule has 0 atom stereocenters. The molecule has 1 aromatic rings. The minimum Gasteiger partial charge on any atom is -0.157 e. The third-order valence-electron chi connectivity index (χ3n) is 1.19. The summed E-state index contributed by atoms with van der Waals surface area (Å²) in [5.74, 6) is 2.09. The summed E-state index contributed by atoms with van der Waals surface area (Å²) in [6.45, 7) is 2.13. The van der Waals surface area contributed by atoms with E-state index >= 15 is 0 Å². The first-order chi connectivity index (χ1) is 5.24. The van der Waals surface area contributed by atoms with Gasteiger partial charge in [-0.25, -0.2) is 0 Å². The van der Waals surface area contributed by atoms with Gasteiger partial charge in [0.15, 0.2) is 0 Å². The Hall–Kier alpha value is 0.630. The van der Waals surface area contributed by atoms with E-state index in [1.807, 2.05) is 17.8 Å². The molecule has 0 spiro atoms. The molecule has 0 amide bonds. The minimum atomic E-state index is 0.779. The summed E-state index contributed by atoms with van der Waals surface area (Å²) in [4.78, 5) is 0. The Morgan fingerprint density at radius 1 is 1.55 bits per heavy atom. The van der Waals surface area contributed by atoms with Crippen molar-refractivity contribution >= 4 is 46.3 Å². The molecular weight excluding hydrogens is 219 g/mol. The monoisotopic (exact) mass is 226 g/mol. The van der Waals surface area contributed by atoms with Gasteiger partial charge in [-0.2, -0.15) is 11.8 Å². The smallest absolute Gasteiger partial charge is 0.0984 e. The average molecular weight is 227 g/mol. The molecule has 62 valence electrons. The van der Waals surface area contributed by atoms with Crippen molar-refractivity contribution in [3.8, 4) is 0 Å².